The van der Waals surface area contributed by atoms with E-state index in [2.05, 4.69) is 0 Å². The Morgan fingerprint density at radius 3 is 3.00 bits per heavy atom. The average molecular weight is 217 g/mol. The number of ether oxygens (including phenoxy) is 1. The maximum Gasteiger partial charge on any atom is 0.307 e. The predicted octanol–water partition coefficient (Wildman–Crippen LogP) is 1.50. The predicted molar refractivity (Wildman–Crippen MR) is 55.3 cm³/mol. The lowest BCUT2D eigenvalue weighted by atomic mass is 10.4. The molecule has 1 amide bonds. The zero-order chi connectivity index (χ0) is 10.4. The highest BCUT2D eigenvalue weighted by atomic mass is 32.2. The van der Waals surface area contributed by atoms with Crippen LogP contribution in [0.25, 0.3) is 0 Å². The van der Waals surface area contributed by atoms with E-state index in [-0.39, 0.29) is 11.2 Å². The molecule has 1 rings (SSSR count). The minimum Gasteiger partial charge on any atom is -0.466 e. The zero-order valence-corrected chi connectivity index (χ0v) is 9.14. The molecular formula is C9H15NO3S. The van der Waals surface area contributed by atoms with Crippen molar-refractivity contribution in [1.82, 2.24) is 4.90 Å². The number of rotatable bonds is 5. The molecule has 80 valence electrons. The van der Waals surface area contributed by atoms with Gasteiger partial charge in [-0.25, -0.2) is 0 Å². The SMILES string of the molecule is CCCOC(=O)CCN1CCSC1=O. The van der Waals surface area contributed by atoms with Crippen LogP contribution in [0.15, 0.2) is 0 Å². The Balaban J connectivity index is 2.13. The Morgan fingerprint density at radius 1 is 1.64 bits per heavy atom. The van der Waals surface area contributed by atoms with Gasteiger partial charge in [0, 0.05) is 18.8 Å². The van der Waals surface area contributed by atoms with Crippen LogP contribution < -0.4 is 0 Å². The molecule has 14 heavy (non-hydrogen) atoms. The highest BCUT2D eigenvalue weighted by Gasteiger charge is 2.21. The fourth-order valence-electron chi connectivity index (χ4n) is 1.14. The number of carbonyl (C=O) groups excluding carboxylic acids is 2. The van der Waals surface area contributed by atoms with Crippen molar-refractivity contribution in [2.24, 2.45) is 0 Å². The summed E-state index contributed by atoms with van der Waals surface area (Å²) in [7, 11) is 0. The molecule has 0 aromatic heterocycles. The van der Waals surface area contributed by atoms with Crippen molar-refractivity contribution >= 4 is 23.0 Å². The molecule has 0 saturated carbocycles. The van der Waals surface area contributed by atoms with Gasteiger partial charge in [0.2, 0.25) is 0 Å². The number of carbonyl (C=O) groups is 2. The van der Waals surface area contributed by atoms with Gasteiger partial charge in [-0.1, -0.05) is 18.7 Å². The first-order valence-corrected chi connectivity index (χ1v) is 5.80. The van der Waals surface area contributed by atoms with E-state index in [1.165, 1.54) is 11.8 Å². The van der Waals surface area contributed by atoms with Crippen LogP contribution in [0.5, 0.6) is 0 Å². The normalized spacial score (nSPS) is 16.1. The van der Waals surface area contributed by atoms with Gasteiger partial charge in [0.15, 0.2) is 0 Å². The van der Waals surface area contributed by atoms with Gasteiger partial charge in [-0.05, 0) is 6.42 Å². The first kappa shape index (κ1) is 11.4. The number of esters is 1. The molecule has 0 atom stereocenters. The fourth-order valence-corrected chi connectivity index (χ4v) is 1.99. The number of hydrogen-bond acceptors (Lipinski definition) is 4. The second-order valence-corrected chi connectivity index (χ2v) is 4.12. The summed E-state index contributed by atoms with van der Waals surface area (Å²) in [5, 5.41) is 0.0771. The summed E-state index contributed by atoms with van der Waals surface area (Å²) in [6.07, 6.45) is 1.15. The zero-order valence-electron chi connectivity index (χ0n) is 8.32. The maximum atomic E-state index is 11.1. The minimum absolute atomic E-state index is 0.0771. The Kier molecular flexibility index (Phi) is 4.79. The summed E-state index contributed by atoms with van der Waals surface area (Å²) in [4.78, 5) is 23.9. The summed E-state index contributed by atoms with van der Waals surface area (Å²) < 4.78 is 4.90. The molecule has 0 aromatic rings. The maximum absolute atomic E-state index is 11.1. The lowest BCUT2D eigenvalue weighted by Crippen LogP contribution is -2.26. The quantitative estimate of drug-likeness (QED) is 0.655. The second-order valence-electron chi connectivity index (χ2n) is 3.07. The fraction of sp³-hybridized carbons (Fsp3) is 0.778. The summed E-state index contributed by atoms with van der Waals surface area (Å²) in [5.41, 5.74) is 0. The lowest BCUT2D eigenvalue weighted by molar-refractivity contribution is -0.143. The molecule has 1 aliphatic rings. The third kappa shape index (κ3) is 3.57. The summed E-state index contributed by atoms with van der Waals surface area (Å²) >= 11 is 1.31. The second kappa shape index (κ2) is 5.90. The Bertz CT molecular complexity index is 220. The number of hydrogen-bond donors (Lipinski definition) is 0. The van der Waals surface area contributed by atoms with E-state index < -0.39 is 0 Å². The van der Waals surface area contributed by atoms with E-state index in [4.69, 9.17) is 4.74 Å². The van der Waals surface area contributed by atoms with Gasteiger partial charge >= 0.3 is 5.97 Å². The molecule has 0 aromatic carbocycles. The van der Waals surface area contributed by atoms with Gasteiger partial charge in [0.05, 0.1) is 13.0 Å². The van der Waals surface area contributed by atoms with E-state index in [0.717, 1.165) is 18.7 Å². The van der Waals surface area contributed by atoms with Crippen molar-refractivity contribution in [2.45, 2.75) is 19.8 Å². The van der Waals surface area contributed by atoms with E-state index in [1.807, 2.05) is 6.92 Å². The van der Waals surface area contributed by atoms with Crippen molar-refractivity contribution < 1.29 is 14.3 Å². The van der Waals surface area contributed by atoms with Crippen LogP contribution in [-0.2, 0) is 9.53 Å². The molecule has 1 saturated heterocycles. The molecule has 0 aliphatic carbocycles. The minimum atomic E-state index is -0.212. The molecule has 4 nitrogen and oxygen atoms in total. The van der Waals surface area contributed by atoms with E-state index in [1.54, 1.807) is 4.90 Å². The molecular weight excluding hydrogens is 202 g/mol. The molecule has 0 bridgehead atoms. The van der Waals surface area contributed by atoms with Gasteiger partial charge in [-0.3, -0.25) is 9.59 Å². The highest BCUT2D eigenvalue weighted by molar-refractivity contribution is 8.13. The van der Waals surface area contributed by atoms with Crippen molar-refractivity contribution in [1.29, 1.82) is 0 Å². The van der Waals surface area contributed by atoms with Crippen molar-refractivity contribution in [3.05, 3.63) is 0 Å². The third-order valence-corrected chi connectivity index (χ3v) is 2.79. The van der Waals surface area contributed by atoms with Gasteiger partial charge in [0.1, 0.15) is 0 Å². The summed E-state index contributed by atoms with van der Waals surface area (Å²) in [6.45, 7) is 3.67. The first-order valence-electron chi connectivity index (χ1n) is 4.81. The van der Waals surface area contributed by atoms with E-state index in [9.17, 15) is 9.59 Å². The summed E-state index contributed by atoms with van der Waals surface area (Å²) in [5.74, 6) is 0.625. The Morgan fingerprint density at radius 2 is 2.43 bits per heavy atom. The molecule has 1 aliphatic heterocycles. The Hall–Kier alpha value is -0.710. The Labute approximate surface area is 88.0 Å². The molecule has 0 unspecified atom stereocenters. The molecule has 1 fully saturated rings. The van der Waals surface area contributed by atoms with Crippen LogP contribution >= 0.6 is 11.8 Å². The van der Waals surface area contributed by atoms with E-state index >= 15 is 0 Å². The average Bonchev–Trinajstić information content (AvgIpc) is 2.58. The topological polar surface area (TPSA) is 46.6 Å². The number of nitrogens with zero attached hydrogens (tertiary/aromatic N) is 1. The van der Waals surface area contributed by atoms with Crippen LogP contribution in [0.1, 0.15) is 19.8 Å². The number of amides is 1. The molecule has 0 spiro atoms. The van der Waals surface area contributed by atoms with Gasteiger partial charge in [-0.2, -0.15) is 0 Å². The summed E-state index contributed by atoms with van der Waals surface area (Å²) in [6, 6.07) is 0. The number of thioether (sulfide) groups is 1. The molecule has 0 N–H and O–H groups in total. The van der Waals surface area contributed by atoms with Crippen molar-refractivity contribution in [2.75, 3.05) is 25.4 Å². The molecule has 0 radical (unpaired) electrons. The van der Waals surface area contributed by atoms with Crippen LogP contribution in [0, 0.1) is 0 Å². The van der Waals surface area contributed by atoms with Crippen molar-refractivity contribution in [3.8, 4) is 0 Å². The van der Waals surface area contributed by atoms with Crippen molar-refractivity contribution in [3.63, 3.8) is 0 Å². The van der Waals surface area contributed by atoms with Gasteiger partial charge in [0.25, 0.3) is 5.24 Å². The standard InChI is InChI=1S/C9H15NO3S/c1-2-6-13-8(11)3-4-10-5-7-14-9(10)12/h2-7H2,1H3. The smallest absolute Gasteiger partial charge is 0.307 e. The van der Waals surface area contributed by atoms with Gasteiger partial charge in [-0.15, -0.1) is 0 Å². The van der Waals surface area contributed by atoms with Crippen LogP contribution in [-0.4, -0.2) is 41.6 Å². The largest absolute Gasteiger partial charge is 0.466 e. The van der Waals surface area contributed by atoms with Crippen LogP contribution in [0.3, 0.4) is 0 Å². The van der Waals surface area contributed by atoms with Crippen LogP contribution in [0.4, 0.5) is 4.79 Å². The van der Waals surface area contributed by atoms with Crippen LogP contribution in [0.2, 0.25) is 0 Å². The van der Waals surface area contributed by atoms with E-state index in [0.29, 0.717) is 19.6 Å². The highest BCUT2D eigenvalue weighted by Crippen LogP contribution is 2.17. The monoisotopic (exact) mass is 217 g/mol. The van der Waals surface area contributed by atoms with Gasteiger partial charge < -0.3 is 9.64 Å². The molecule has 1 heterocycles. The third-order valence-electron chi connectivity index (χ3n) is 1.90. The first-order chi connectivity index (χ1) is 6.74. The lowest BCUT2D eigenvalue weighted by Gasteiger charge is -2.13. The molecule has 5 heteroatoms.